The van der Waals surface area contributed by atoms with E-state index in [1.165, 1.54) is 22.3 Å². The maximum Gasteiger partial charge on any atom is 0.0249 e. The monoisotopic (exact) mass is 176 g/mol. The highest BCUT2D eigenvalue weighted by atomic mass is 14.2. The first-order valence-corrected chi connectivity index (χ1v) is 4.60. The molecule has 0 nitrogen and oxygen atoms in total. The van der Waals surface area contributed by atoms with E-state index < -0.39 is 0 Å². The molecule has 0 N–H and O–H groups in total. The van der Waals surface area contributed by atoms with Crippen LogP contribution in [0.3, 0.4) is 0 Å². The third-order valence-corrected chi connectivity index (χ3v) is 2.69. The van der Waals surface area contributed by atoms with Gasteiger partial charge in [-0.25, -0.2) is 0 Å². The van der Waals surface area contributed by atoms with Crippen molar-refractivity contribution in [2.24, 2.45) is 0 Å². The van der Waals surface area contributed by atoms with E-state index in [0.29, 0.717) is 0 Å². The van der Waals surface area contributed by atoms with Gasteiger partial charge >= 0.3 is 0 Å². The van der Waals surface area contributed by atoms with Gasteiger partial charge in [-0.15, -0.1) is 6.42 Å². The smallest absolute Gasteiger partial charge is 0.0249 e. The van der Waals surface area contributed by atoms with Gasteiger partial charge in [-0.3, -0.25) is 0 Å². The molecular weight excluding hydrogens is 168 g/mol. The molecule has 0 aromatic heterocycles. The zero-order valence-corrected chi connectivity index (χ0v) is 7.62. The summed E-state index contributed by atoms with van der Waals surface area (Å²) in [7, 11) is 0. The van der Waals surface area contributed by atoms with Gasteiger partial charge in [0.05, 0.1) is 0 Å². The van der Waals surface area contributed by atoms with E-state index in [-0.39, 0.29) is 0 Å². The van der Waals surface area contributed by atoms with Crippen LogP contribution in [0.25, 0.3) is 22.3 Å². The van der Waals surface area contributed by atoms with Crippen LogP contribution in [0.2, 0.25) is 0 Å². The summed E-state index contributed by atoms with van der Waals surface area (Å²) >= 11 is 0. The molecule has 0 saturated heterocycles. The van der Waals surface area contributed by atoms with Gasteiger partial charge < -0.3 is 0 Å². The van der Waals surface area contributed by atoms with Crippen LogP contribution in [-0.2, 0) is 0 Å². The van der Waals surface area contributed by atoms with Crippen molar-refractivity contribution in [1.29, 1.82) is 0 Å². The third-order valence-electron chi connectivity index (χ3n) is 2.69. The fraction of sp³-hybridized carbons (Fsp3) is 0. The summed E-state index contributed by atoms with van der Waals surface area (Å²) in [6.45, 7) is 0. The first-order valence-electron chi connectivity index (χ1n) is 4.60. The number of fused-ring (bicyclic) bond motifs is 4. The van der Waals surface area contributed by atoms with Gasteiger partial charge in [0.25, 0.3) is 0 Å². The molecule has 0 amide bonds. The number of hydrogen-bond donors (Lipinski definition) is 0. The first kappa shape index (κ1) is 7.41. The zero-order chi connectivity index (χ0) is 9.54. The Hall–Kier alpha value is -2.00. The number of rotatable bonds is 0. The summed E-state index contributed by atoms with van der Waals surface area (Å²) in [4.78, 5) is 0. The van der Waals surface area contributed by atoms with E-state index in [4.69, 9.17) is 6.42 Å². The molecule has 0 fully saturated rings. The van der Waals surface area contributed by atoms with Crippen molar-refractivity contribution < 1.29 is 0 Å². The second-order valence-electron chi connectivity index (χ2n) is 3.45. The number of terminal acetylenes is 1. The van der Waals surface area contributed by atoms with Crippen LogP contribution >= 0.6 is 0 Å². The predicted molar refractivity (Wildman–Crippen MR) is 58.8 cm³/mol. The van der Waals surface area contributed by atoms with Gasteiger partial charge in [-0.05, 0) is 34.4 Å². The van der Waals surface area contributed by atoms with Gasteiger partial charge in [-0.1, -0.05) is 36.3 Å². The third kappa shape index (κ3) is 0.791. The summed E-state index contributed by atoms with van der Waals surface area (Å²) < 4.78 is 0. The number of hydrogen-bond acceptors (Lipinski definition) is 0. The summed E-state index contributed by atoms with van der Waals surface area (Å²) in [5.41, 5.74) is 6.22. The molecule has 0 aliphatic heterocycles. The van der Waals surface area contributed by atoms with Crippen molar-refractivity contribution >= 4 is 0 Å². The van der Waals surface area contributed by atoms with Gasteiger partial charge in [0, 0.05) is 5.56 Å². The van der Waals surface area contributed by atoms with E-state index in [1.807, 2.05) is 6.07 Å². The van der Waals surface area contributed by atoms with E-state index in [0.717, 1.165) is 5.56 Å². The molecule has 2 aromatic carbocycles. The molecule has 0 saturated carbocycles. The minimum atomic E-state index is 0.957. The average Bonchev–Trinajstić information content (AvgIpc) is 2.25. The molecule has 1 aliphatic rings. The lowest BCUT2D eigenvalue weighted by Gasteiger charge is -2.23. The Labute approximate surface area is 83.2 Å². The van der Waals surface area contributed by atoms with Gasteiger partial charge in [0.15, 0.2) is 0 Å². The topological polar surface area (TPSA) is 0 Å². The van der Waals surface area contributed by atoms with E-state index in [2.05, 4.69) is 42.3 Å². The zero-order valence-electron chi connectivity index (χ0n) is 7.62. The molecule has 14 heavy (non-hydrogen) atoms. The molecular formula is C14H8. The molecule has 0 bridgehead atoms. The molecule has 0 unspecified atom stereocenters. The van der Waals surface area contributed by atoms with Crippen LogP contribution in [0, 0.1) is 12.3 Å². The van der Waals surface area contributed by atoms with Gasteiger partial charge in [-0.2, -0.15) is 0 Å². The molecule has 64 valence electrons. The second-order valence-corrected chi connectivity index (χ2v) is 3.45. The summed E-state index contributed by atoms with van der Waals surface area (Å²) in [6.07, 6.45) is 5.36. The number of benzene rings is 2. The highest BCUT2D eigenvalue weighted by molar-refractivity contribution is 6.02. The normalized spacial score (nSPS) is 10.8. The largest absolute Gasteiger partial charge is 0.115 e. The minimum absolute atomic E-state index is 0.957. The lowest BCUT2D eigenvalue weighted by Crippen LogP contribution is -1.98. The molecule has 0 heterocycles. The van der Waals surface area contributed by atoms with Crippen molar-refractivity contribution in [3.8, 4) is 34.6 Å². The maximum absolute atomic E-state index is 5.36. The quantitative estimate of drug-likeness (QED) is 0.461. The van der Waals surface area contributed by atoms with Gasteiger partial charge in [0.1, 0.15) is 0 Å². The average molecular weight is 176 g/mol. The molecule has 3 rings (SSSR count). The van der Waals surface area contributed by atoms with Crippen LogP contribution in [-0.4, -0.2) is 0 Å². The highest BCUT2D eigenvalue weighted by Gasteiger charge is 2.20. The van der Waals surface area contributed by atoms with Crippen LogP contribution in [0.15, 0.2) is 42.5 Å². The fourth-order valence-electron chi connectivity index (χ4n) is 1.98. The Balaban J connectivity index is 2.25. The van der Waals surface area contributed by atoms with Crippen LogP contribution in [0.4, 0.5) is 0 Å². The van der Waals surface area contributed by atoms with E-state index >= 15 is 0 Å². The Bertz CT molecular complexity index is 556. The Morgan fingerprint density at radius 3 is 2.14 bits per heavy atom. The molecule has 0 spiro atoms. The Morgan fingerprint density at radius 1 is 0.786 bits per heavy atom. The lowest BCUT2D eigenvalue weighted by molar-refractivity contribution is 1.50. The first-order chi connectivity index (χ1) is 6.90. The van der Waals surface area contributed by atoms with Crippen molar-refractivity contribution in [2.45, 2.75) is 0 Å². The van der Waals surface area contributed by atoms with Crippen molar-refractivity contribution in [2.75, 3.05) is 0 Å². The Morgan fingerprint density at radius 2 is 1.43 bits per heavy atom. The Kier molecular flexibility index (Phi) is 1.32. The van der Waals surface area contributed by atoms with Crippen molar-refractivity contribution in [1.82, 2.24) is 0 Å². The lowest BCUT2D eigenvalue weighted by atomic mass is 9.80. The van der Waals surface area contributed by atoms with Crippen LogP contribution in [0.1, 0.15) is 5.56 Å². The predicted octanol–water partition coefficient (Wildman–Crippen LogP) is 3.32. The SMILES string of the molecule is C#Cc1ccc2c(c1)-c1ccccc1-2. The van der Waals surface area contributed by atoms with Crippen molar-refractivity contribution in [3.63, 3.8) is 0 Å². The van der Waals surface area contributed by atoms with Crippen LogP contribution in [0.5, 0.6) is 0 Å². The second kappa shape index (κ2) is 2.49. The standard InChI is InChI=1S/C14H8/c1-2-10-7-8-13-11-5-3-4-6-12(11)14(13)9-10/h1,3-9H. The fourth-order valence-corrected chi connectivity index (χ4v) is 1.98. The molecule has 0 heteroatoms. The van der Waals surface area contributed by atoms with E-state index in [9.17, 15) is 0 Å². The molecule has 2 aromatic rings. The molecule has 0 atom stereocenters. The summed E-state index contributed by atoms with van der Waals surface area (Å²) in [5.74, 6) is 2.66. The minimum Gasteiger partial charge on any atom is -0.115 e. The molecule has 1 aliphatic carbocycles. The van der Waals surface area contributed by atoms with Crippen LogP contribution < -0.4 is 0 Å². The van der Waals surface area contributed by atoms with E-state index in [1.54, 1.807) is 0 Å². The summed E-state index contributed by atoms with van der Waals surface area (Å²) in [6, 6.07) is 14.6. The van der Waals surface area contributed by atoms with Gasteiger partial charge in [0.2, 0.25) is 0 Å². The summed E-state index contributed by atoms with van der Waals surface area (Å²) in [5, 5.41) is 0. The highest BCUT2D eigenvalue weighted by Crippen LogP contribution is 2.46. The maximum atomic E-state index is 5.36. The van der Waals surface area contributed by atoms with Crippen molar-refractivity contribution in [3.05, 3.63) is 48.0 Å². The molecule has 0 radical (unpaired) electrons.